The Morgan fingerprint density at radius 2 is 1.45 bits per heavy atom. The van der Waals surface area contributed by atoms with Gasteiger partial charge >= 0.3 is 5.97 Å². The highest BCUT2D eigenvalue weighted by Gasteiger charge is 2.36. The number of hydrogen-bond acceptors (Lipinski definition) is 3. The zero-order chi connectivity index (χ0) is 23.0. The molecule has 0 N–H and O–H groups in total. The lowest BCUT2D eigenvalue weighted by molar-refractivity contribution is -0.162. The highest BCUT2D eigenvalue weighted by atomic mass is 32.2. The lowest BCUT2D eigenvalue weighted by atomic mass is 9.99. The fraction of sp³-hybridized carbons (Fsp3) is 0.345. The number of aryl methyl sites for hydroxylation is 2. The Hall–Kier alpha value is -2.72. The van der Waals surface area contributed by atoms with E-state index >= 15 is 0 Å². The summed E-state index contributed by atoms with van der Waals surface area (Å²) in [7, 11) is -0.604. The molecule has 2 aliphatic rings. The van der Waals surface area contributed by atoms with Crippen molar-refractivity contribution >= 4 is 16.9 Å². The average molecular weight is 461 g/mol. The van der Waals surface area contributed by atoms with Crippen LogP contribution in [0.1, 0.15) is 50.2 Å². The van der Waals surface area contributed by atoms with Crippen LogP contribution in [0.2, 0.25) is 0 Å². The minimum absolute atomic E-state index is 0.0385. The molecular weight excluding hydrogens is 428 g/mol. The van der Waals surface area contributed by atoms with Gasteiger partial charge in [-0.15, -0.1) is 0 Å². The Bertz CT molecular complexity index is 1120. The van der Waals surface area contributed by atoms with Crippen LogP contribution < -0.4 is 4.74 Å². The normalized spacial score (nSPS) is 16.9. The van der Waals surface area contributed by atoms with Crippen LogP contribution in [-0.2, 0) is 9.53 Å². The number of carbonyl (C=O) groups excluding carboxylic acids is 1. The van der Waals surface area contributed by atoms with E-state index in [9.17, 15) is 4.79 Å². The van der Waals surface area contributed by atoms with Gasteiger partial charge < -0.3 is 9.47 Å². The molecule has 1 saturated carbocycles. The zero-order valence-electron chi connectivity index (χ0n) is 19.7. The first kappa shape index (κ1) is 22.1. The summed E-state index contributed by atoms with van der Waals surface area (Å²) < 4.78 is 11.9. The minimum atomic E-state index is -0.604. The van der Waals surface area contributed by atoms with Crippen molar-refractivity contribution in [2.75, 3.05) is 6.61 Å². The Morgan fingerprint density at radius 1 is 0.909 bits per heavy atom. The molecule has 3 aromatic carbocycles. The van der Waals surface area contributed by atoms with Crippen LogP contribution >= 0.6 is 10.9 Å². The second-order valence-electron chi connectivity index (χ2n) is 9.28. The molecule has 3 nitrogen and oxygen atoms in total. The maximum absolute atomic E-state index is 12.6. The van der Waals surface area contributed by atoms with Gasteiger partial charge in [0.2, 0.25) is 0 Å². The smallest absolute Gasteiger partial charge is 0.344 e. The van der Waals surface area contributed by atoms with Crippen LogP contribution in [-0.4, -0.2) is 18.2 Å². The molecule has 0 saturated heterocycles. The summed E-state index contributed by atoms with van der Waals surface area (Å²) in [5.74, 6) is 0.535. The van der Waals surface area contributed by atoms with Crippen molar-refractivity contribution < 1.29 is 14.3 Å². The highest BCUT2D eigenvalue weighted by Crippen LogP contribution is 2.62. The van der Waals surface area contributed by atoms with Crippen molar-refractivity contribution in [2.45, 2.75) is 73.2 Å². The van der Waals surface area contributed by atoms with E-state index in [1.54, 1.807) is 0 Å². The molecule has 4 heteroatoms. The monoisotopic (exact) mass is 460 g/mol. The molecule has 5 rings (SSSR count). The first-order valence-electron chi connectivity index (χ1n) is 12.0. The molecule has 1 aliphatic carbocycles. The van der Waals surface area contributed by atoms with Crippen molar-refractivity contribution in [3.8, 4) is 16.9 Å². The summed E-state index contributed by atoms with van der Waals surface area (Å²) in [4.78, 5) is 16.7. The lowest BCUT2D eigenvalue weighted by Crippen LogP contribution is -2.33. The molecule has 0 radical (unpaired) electrons. The van der Waals surface area contributed by atoms with E-state index in [0.29, 0.717) is 0 Å². The number of thiol groups is 1. The number of benzene rings is 3. The van der Waals surface area contributed by atoms with Crippen molar-refractivity contribution in [3.05, 3.63) is 71.8 Å². The second kappa shape index (κ2) is 8.90. The summed E-state index contributed by atoms with van der Waals surface area (Å²) in [6.07, 6.45) is 5.08. The van der Waals surface area contributed by atoms with E-state index in [1.165, 1.54) is 25.8 Å². The standard InChI is InChI=1S/C29H32O3S/c1-4-29(15-9-10-16-29)32-27(30)19-31-28-20(2)17-22(18-21(28)3)33-25-13-7-5-11-23(25)24-12-6-8-14-26(24)33/h5-8,11-14,17-18,33H,4,9-10,15-16,19H2,1-3H3. The molecular formula is C29H32O3S. The van der Waals surface area contributed by atoms with Crippen LogP contribution in [0.5, 0.6) is 5.75 Å². The molecule has 0 bridgehead atoms. The van der Waals surface area contributed by atoms with Crippen LogP contribution in [0.25, 0.3) is 11.1 Å². The van der Waals surface area contributed by atoms with Crippen LogP contribution in [0.4, 0.5) is 0 Å². The number of hydrogen-bond donors (Lipinski definition) is 1. The van der Waals surface area contributed by atoms with Gasteiger partial charge in [-0.25, -0.2) is 4.79 Å². The topological polar surface area (TPSA) is 35.5 Å². The number of ether oxygens (including phenoxy) is 2. The first-order chi connectivity index (χ1) is 16.0. The van der Waals surface area contributed by atoms with Crippen molar-refractivity contribution in [3.63, 3.8) is 0 Å². The van der Waals surface area contributed by atoms with E-state index in [4.69, 9.17) is 9.47 Å². The number of esters is 1. The first-order valence-corrected chi connectivity index (χ1v) is 13.3. The van der Waals surface area contributed by atoms with Gasteiger partial charge in [0.1, 0.15) is 11.4 Å². The third-order valence-corrected chi connectivity index (χ3v) is 9.63. The molecule has 0 atom stereocenters. The van der Waals surface area contributed by atoms with Gasteiger partial charge in [-0.1, -0.05) is 43.3 Å². The summed E-state index contributed by atoms with van der Waals surface area (Å²) >= 11 is 0. The molecule has 0 aromatic heterocycles. The van der Waals surface area contributed by atoms with E-state index < -0.39 is 10.9 Å². The van der Waals surface area contributed by atoms with Gasteiger partial charge in [-0.2, -0.15) is 10.9 Å². The maximum atomic E-state index is 12.6. The molecule has 3 aromatic rings. The van der Waals surface area contributed by atoms with Crippen LogP contribution in [0.3, 0.4) is 0 Å². The van der Waals surface area contributed by atoms with Crippen molar-refractivity contribution in [1.29, 1.82) is 0 Å². The summed E-state index contributed by atoms with van der Waals surface area (Å²) in [5.41, 5.74) is 4.53. The van der Waals surface area contributed by atoms with Gasteiger partial charge in [0.25, 0.3) is 0 Å². The molecule has 0 amide bonds. The molecule has 0 spiro atoms. The van der Waals surface area contributed by atoms with E-state index in [0.717, 1.165) is 49.0 Å². The van der Waals surface area contributed by atoms with Crippen molar-refractivity contribution in [1.82, 2.24) is 0 Å². The third-order valence-electron chi connectivity index (χ3n) is 7.11. The van der Waals surface area contributed by atoms with Crippen molar-refractivity contribution in [2.24, 2.45) is 0 Å². The Morgan fingerprint density at radius 3 is 2.00 bits per heavy atom. The van der Waals surface area contributed by atoms with Gasteiger partial charge in [-0.3, -0.25) is 0 Å². The fourth-order valence-corrected chi connectivity index (χ4v) is 8.24. The molecule has 1 fully saturated rings. The van der Waals surface area contributed by atoms with Gasteiger partial charge in [0.15, 0.2) is 6.61 Å². The number of rotatable bonds is 6. The van der Waals surface area contributed by atoms with Gasteiger partial charge in [0.05, 0.1) is 0 Å². The molecule has 1 heterocycles. The zero-order valence-corrected chi connectivity index (χ0v) is 20.6. The fourth-order valence-electron chi connectivity index (χ4n) is 5.43. The van der Waals surface area contributed by atoms with Gasteiger partial charge in [-0.05, 0) is 97.4 Å². The van der Waals surface area contributed by atoms with Gasteiger partial charge in [0, 0.05) is 9.79 Å². The summed E-state index contributed by atoms with van der Waals surface area (Å²) in [6, 6.07) is 22.0. The van der Waals surface area contributed by atoms with E-state index in [2.05, 4.69) is 81.4 Å². The van der Waals surface area contributed by atoms with Crippen LogP contribution in [0.15, 0.2) is 75.4 Å². The third kappa shape index (κ3) is 4.06. The molecule has 1 aliphatic heterocycles. The molecule has 0 unspecified atom stereocenters. The summed E-state index contributed by atoms with van der Waals surface area (Å²) in [5, 5.41) is 0. The van der Waals surface area contributed by atoms with E-state index in [-0.39, 0.29) is 18.2 Å². The SMILES string of the molecule is CCC1(OC(=O)COc2c(C)cc([SH]3c4ccccc4-c4ccccc43)cc2C)CCCC1. The van der Waals surface area contributed by atoms with Crippen LogP contribution in [0, 0.1) is 13.8 Å². The molecule has 33 heavy (non-hydrogen) atoms. The maximum Gasteiger partial charge on any atom is 0.344 e. The second-order valence-corrected chi connectivity index (χ2v) is 11.4. The Kier molecular flexibility index (Phi) is 5.96. The number of carbonyl (C=O) groups is 1. The minimum Gasteiger partial charge on any atom is -0.481 e. The van der Waals surface area contributed by atoms with E-state index in [1.807, 2.05) is 0 Å². The largest absolute Gasteiger partial charge is 0.481 e. The Labute approximate surface area is 199 Å². The Balaban J connectivity index is 1.38. The molecule has 172 valence electrons. The highest BCUT2D eigenvalue weighted by molar-refractivity contribution is 8.17. The average Bonchev–Trinajstić information content (AvgIpc) is 3.41. The predicted octanol–water partition coefficient (Wildman–Crippen LogP) is 7.41. The lowest BCUT2D eigenvalue weighted by Gasteiger charge is -2.27. The quantitative estimate of drug-likeness (QED) is 0.240. The summed E-state index contributed by atoms with van der Waals surface area (Å²) in [6.45, 7) is 6.21. The number of fused-ring (bicyclic) bond motifs is 3. The predicted molar refractivity (Wildman–Crippen MR) is 135 cm³/mol.